The molecule has 188 valence electrons. The van der Waals surface area contributed by atoms with Gasteiger partial charge < -0.3 is 10.4 Å². The summed E-state index contributed by atoms with van der Waals surface area (Å²) in [4.78, 5) is 6.31. The van der Waals surface area contributed by atoms with E-state index >= 15 is 0 Å². The molecule has 4 aromatic rings. The fourth-order valence-electron chi connectivity index (χ4n) is 5.77. The van der Waals surface area contributed by atoms with Crippen molar-refractivity contribution in [2.24, 2.45) is 0 Å². The topological polar surface area (TPSA) is 78.6 Å². The van der Waals surface area contributed by atoms with Gasteiger partial charge in [-0.3, -0.25) is 9.30 Å². The second-order valence-electron chi connectivity index (χ2n) is 10.1. The first-order valence-corrected chi connectivity index (χ1v) is 12.2. The number of alkyl halides is 3. The number of hydrogen-bond acceptors (Lipinski definition) is 6. The fourth-order valence-corrected chi connectivity index (χ4v) is 5.77. The molecule has 0 spiro atoms. The van der Waals surface area contributed by atoms with Crippen LogP contribution in [0.4, 0.5) is 13.2 Å². The number of aryl methyl sites for hydroxylation is 1. The zero-order valence-corrected chi connectivity index (χ0v) is 19.8. The number of nitrogens with zero attached hydrogens (tertiary/aromatic N) is 5. The monoisotopic (exact) mass is 496 g/mol. The van der Waals surface area contributed by atoms with E-state index in [0.29, 0.717) is 23.6 Å². The zero-order valence-electron chi connectivity index (χ0n) is 19.8. The Morgan fingerprint density at radius 2 is 2.00 bits per heavy atom. The molecule has 10 heteroatoms. The van der Waals surface area contributed by atoms with Crippen molar-refractivity contribution in [2.75, 3.05) is 19.7 Å². The molecule has 2 aliphatic rings. The number of rotatable bonds is 1. The van der Waals surface area contributed by atoms with Gasteiger partial charge in [-0.05, 0) is 49.4 Å². The molecule has 1 saturated heterocycles. The maximum Gasteiger partial charge on any atom is 0.408 e. The van der Waals surface area contributed by atoms with Crippen molar-refractivity contribution < 1.29 is 18.3 Å². The fraction of sp³-hybridized carbons (Fsp3) is 0.423. The van der Waals surface area contributed by atoms with Crippen molar-refractivity contribution in [1.82, 2.24) is 29.8 Å². The van der Waals surface area contributed by atoms with Gasteiger partial charge in [-0.1, -0.05) is 30.3 Å². The predicted molar refractivity (Wildman–Crippen MR) is 129 cm³/mol. The Balaban J connectivity index is 1.56. The lowest BCUT2D eigenvalue weighted by atomic mass is 9.96. The molecule has 0 radical (unpaired) electrons. The molecule has 2 aliphatic heterocycles. The summed E-state index contributed by atoms with van der Waals surface area (Å²) in [5, 5.41) is 23.2. The third kappa shape index (κ3) is 3.93. The van der Waals surface area contributed by atoms with Crippen LogP contribution < -0.4 is 5.32 Å². The van der Waals surface area contributed by atoms with Gasteiger partial charge in [-0.2, -0.15) is 13.2 Å². The predicted octanol–water partition coefficient (Wildman–Crippen LogP) is 3.91. The molecule has 0 aliphatic carbocycles. The van der Waals surface area contributed by atoms with Crippen LogP contribution in [0.5, 0.6) is 0 Å². The first kappa shape index (κ1) is 23.3. The lowest BCUT2D eigenvalue weighted by Gasteiger charge is -2.35. The SMILES string of the molecule is CC1CCc2cccc3ccc(nc23)-c2nnc3ccc(cn23)[C@H](C(F)(F)F)N2CC[C@](CO)(C2)N1. The molecule has 5 heterocycles. The number of aliphatic hydroxyl groups excluding tert-OH is 1. The quantitative estimate of drug-likeness (QED) is 0.416. The normalized spacial score (nSPS) is 26.9. The number of aliphatic hydroxyl groups is 1. The third-order valence-corrected chi connectivity index (χ3v) is 7.53. The van der Waals surface area contributed by atoms with Crippen LogP contribution in [0.25, 0.3) is 28.1 Å². The van der Waals surface area contributed by atoms with E-state index in [1.807, 2.05) is 31.2 Å². The number of para-hydroxylation sites is 1. The van der Waals surface area contributed by atoms with Crippen molar-refractivity contribution in [3.63, 3.8) is 0 Å². The molecule has 0 saturated carbocycles. The van der Waals surface area contributed by atoms with Crippen LogP contribution in [0.1, 0.15) is 36.9 Å². The summed E-state index contributed by atoms with van der Waals surface area (Å²) in [5.74, 6) is 0.401. The molecule has 2 unspecified atom stereocenters. The van der Waals surface area contributed by atoms with Crippen LogP contribution >= 0.6 is 0 Å². The second-order valence-corrected chi connectivity index (χ2v) is 10.1. The number of aromatic nitrogens is 4. The molecular formula is C26H27F3N6O. The Kier molecular flexibility index (Phi) is 5.51. The summed E-state index contributed by atoms with van der Waals surface area (Å²) < 4.78 is 45.1. The maximum absolute atomic E-state index is 14.5. The van der Waals surface area contributed by atoms with Gasteiger partial charge >= 0.3 is 6.18 Å². The van der Waals surface area contributed by atoms with Gasteiger partial charge in [-0.15, -0.1) is 10.2 Å². The summed E-state index contributed by atoms with van der Waals surface area (Å²) in [6.07, 6.45) is -1.10. The Labute approximate surface area is 206 Å². The van der Waals surface area contributed by atoms with E-state index in [0.717, 1.165) is 29.3 Å². The van der Waals surface area contributed by atoms with Gasteiger partial charge in [0.05, 0.1) is 17.7 Å². The molecule has 6 rings (SSSR count). The molecule has 2 N–H and O–H groups in total. The Morgan fingerprint density at radius 3 is 2.81 bits per heavy atom. The van der Waals surface area contributed by atoms with Gasteiger partial charge in [0.15, 0.2) is 11.5 Å². The molecule has 1 fully saturated rings. The summed E-state index contributed by atoms with van der Waals surface area (Å²) in [5.41, 5.74) is 2.25. The van der Waals surface area contributed by atoms with Crippen molar-refractivity contribution in [2.45, 2.75) is 50.0 Å². The minimum atomic E-state index is -4.50. The lowest BCUT2D eigenvalue weighted by molar-refractivity contribution is -0.184. The van der Waals surface area contributed by atoms with Crippen LogP contribution in [-0.4, -0.2) is 67.0 Å². The van der Waals surface area contributed by atoms with Crippen molar-refractivity contribution in [1.29, 1.82) is 0 Å². The van der Waals surface area contributed by atoms with Crippen molar-refractivity contribution in [3.8, 4) is 11.5 Å². The minimum Gasteiger partial charge on any atom is -0.394 e. The number of halogens is 3. The van der Waals surface area contributed by atoms with Crippen LogP contribution in [0.2, 0.25) is 0 Å². The average Bonchev–Trinajstić information content (AvgIpc) is 3.46. The smallest absolute Gasteiger partial charge is 0.394 e. The highest BCUT2D eigenvalue weighted by Crippen LogP contribution is 2.41. The average molecular weight is 497 g/mol. The van der Waals surface area contributed by atoms with E-state index in [4.69, 9.17) is 4.98 Å². The number of benzene rings is 1. The summed E-state index contributed by atoms with van der Waals surface area (Å²) >= 11 is 0. The van der Waals surface area contributed by atoms with Crippen LogP contribution in [0, 0.1) is 0 Å². The summed E-state index contributed by atoms with van der Waals surface area (Å²) in [6, 6.07) is 11.1. The van der Waals surface area contributed by atoms with Gasteiger partial charge in [0.25, 0.3) is 0 Å². The Hall–Kier alpha value is -3.08. The van der Waals surface area contributed by atoms with E-state index in [1.54, 1.807) is 10.5 Å². The van der Waals surface area contributed by atoms with Gasteiger partial charge in [0.2, 0.25) is 0 Å². The number of pyridine rings is 2. The lowest BCUT2D eigenvalue weighted by Crippen LogP contribution is -2.54. The molecule has 0 amide bonds. The second kappa shape index (κ2) is 8.50. The first-order valence-electron chi connectivity index (χ1n) is 12.2. The van der Waals surface area contributed by atoms with E-state index in [-0.39, 0.29) is 31.3 Å². The molecule has 7 nitrogen and oxygen atoms in total. The van der Waals surface area contributed by atoms with Gasteiger partial charge in [0.1, 0.15) is 11.7 Å². The summed E-state index contributed by atoms with van der Waals surface area (Å²) in [6.45, 7) is 2.11. The largest absolute Gasteiger partial charge is 0.408 e. The molecule has 4 atom stereocenters. The minimum absolute atomic E-state index is 0.00719. The van der Waals surface area contributed by atoms with Crippen LogP contribution in [-0.2, 0) is 6.42 Å². The van der Waals surface area contributed by atoms with E-state index in [1.165, 1.54) is 17.2 Å². The van der Waals surface area contributed by atoms with Crippen molar-refractivity contribution >= 4 is 16.6 Å². The third-order valence-electron chi connectivity index (χ3n) is 7.53. The Morgan fingerprint density at radius 1 is 1.14 bits per heavy atom. The molecular weight excluding hydrogens is 469 g/mol. The van der Waals surface area contributed by atoms with Crippen LogP contribution in [0.15, 0.2) is 48.7 Å². The Bertz CT molecular complexity index is 1440. The van der Waals surface area contributed by atoms with E-state index < -0.39 is 17.8 Å². The molecule has 6 bridgehead atoms. The highest BCUT2D eigenvalue weighted by molar-refractivity contribution is 5.84. The standard InChI is InChI=1S/C26H27F3N6O/c1-16-5-6-17-3-2-4-18-7-9-20(30-22(17)18)24-33-32-21-10-8-19(13-35(21)24)23(26(27,28)29)34-12-11-25(14-34,15-36)31-16/h2-4,7-10,13,16,23,31,36H,5-6,11-12,14-15H2,1H3/t16?,23-,25-/m1/s1. The van der Waals surface area contributed by atoms with E-state index in [9.17, 15) is 18.3 Å². The highest BCUT2D eigenvalue weighted by Gasteiger charge is 2.50. The van der Waals surface area contributed by atoms with E-state index in [2.05, 4.69) is 21.6 Å². The number of fused-ring (bicyclic) bond motifs is 5. The number of hydrogen-bond donors (Lipinski definition) is 2. The number of nitrogens with one attached hydrogen (secondary N) is 1. The zero-order chi connectivity index (χ0) is 25.1. The molecule has 36 heavy (non-hydrogen) atoms. The molecule has 3 aromatic heterocycles. The van der Waals surface area contributed by atoms with Gasteiger partial charge in [0, 0.05) is 30.7 Å². The summed E-state index contributed by atoms with van der Waals surface area (Å²) in [7, 11) is 0. The first-order chi connectivity index (χ1) is 17.3. The van der Waals surface area contributed by atoms with Crippen LogP contribution in [0.3, 0.4) is 0 Å². The highest BCUT2D eigenvalue weighted by atomic mass is 19.4. The molecule has 1 aromatic carbocycles. The van der Waals surface area contributed by atoms with Gasteiger partial charge in [-0.25, -0.2) is 4.98 Å². The van der Waals surface area contributed by atoms with Crippen molar-refractivity contribution in [3.05, 3.63) is 59.8 Å². The maximum atomic E-state index is 14.5.